The molecule has 10 heteroatoms. The minimum Gasteiger partial charge on any atom is -0.492 e. The van der Waals surface area contributed by atoms with E-state index in [9.17, 15) is 18.0 Å². The molecule has 2 aliphatic rings. The molecule has 2 aliphatic heterocycles. The number of piperidine rings is 1. The number of rotatable bonds is 6. The fourth-order valence-corrected chi connectivity index (χ4v) is 5.44. The number of sulfonamides is 1. The molecule has 0 aliphatic carbocycles. The van der Waals surface area contributed by atoms with Crippen molar-refractivity contribution in [2.75, 3.05) is 30.3 Å². The molecular formula is C23H27N3O6S. The summed E-state index contributed by atoms with van der Waals surface area (Å²) in [5, 5.41) is 5.58. The second-order valence-electron chi connectivity index (χ2n) is 8.00. The molecule has 176 valence electrons. The van der Waals surface area contributed by atoms with Crippen LogP contribution in [0.5, 0.6) is 11.5 Å². The Hall–Kier alpha value is -3.11. The predicted molar refractivity (Wildman–Crippen MR) is 123 cm³/mol. The first-order chi connectivity index (χ1) is 15.8. The summed E-state index contributed by atoms with van der Waals surface area (Å²) in [6, 6.07) is 11.7. The number of fused-ring (bicyclic) bond motifs is 1. The molecule has 0 aromatic heterocycles. The van der Waals surface area contributed by atoms with Gasteiger partial charge in [0.25, 0.3) is 5.91 Å². The maximum absolute atomic E-state index is 13.2. The first kappa shape index (κ1) is 23.1. The Kier molecular flexibility index (Phi) is 6.57. The van der Waals surface area contributed by atoms with Crippen LogP contribution in [0.4, 0.5) is 11.4 Å². The summed E-state index contributed by atoms with van der Waals surface area (Å²) >= 11 is 0. The van der Waals surface area contributed by atoms with Gasteiger partial charge in [-0.2, -0.15) is 4.31 Å². The minimum absolute atomic E-state index is 0.0771. The van der Waals surface area contributed by atoms with Gasteiger partial charge < -0.3 is 20.1 Å². The van der Waals surface area contributed by atoms with Gasteiger partial charge in [-0.05, 0) is 57.0 Å². The minimum atomic E-state index is -3.77. The number of anilines is 2. The standard InChI is InChI=1S/C23H27N3O6S/c1-3-31-20-7-5-4-6-18(20)24-23(28)16-10-12-26(13-11-16)33(29,30)17-8-9-21-19(14-17)25-22(27)15(2)32-21/h4-9,14-16H,3,10-13H2,1-2H3,(H,24,28)(H,25,27)/t15-/m0/s1. The highest BCUT2D eigenvalue weighted by Crippen LogP contribution is 2.34. The Morgan fingerprint density at radius 3 is 2.67 bits per heavy atom. The lowest BCUT2D eigenvalue weighted by atomic mass is 9.97. The smallest absolute Gasteiger partial charge is 0.265 e. The molecule has 2 aromatic rings. The molecule has 0 saturated carbocycles. The Balaban J connectivity index is 1.41. The Morgan fingerprint density at radius 1 is 1.21 bits per heavy atom. The van der Waals surface area contributed by atoms with E-state index in [1.54, 1.807) is 25.1 Å². The van der Waals surface area contributed by atoms with Crippen LogP contribution in [-0.4, -0.2) is 50.3 Å². The Labute approximate surface area is 193 Å². The molecule has 0 radical (unpaired) electrons. The van der Waals surface area contributed by atoms with Crippen molar-refractivity contribution in [2.45, 2.75) is 37.7 Å². The number of carbonyl (C=O) groups excluding carboxylic acids is 2. The highest BCUT2D eigenvalue weighted by Gasteiger charge is 2.33. The second-order valence-corrected chi connectivity index (χ2v) is 9.94. The van der Waals surface area contributed by atoms with E-state index in [-0.39, 0.29) is 35.7 Å². The average Bonchev–Trinajstić information content (AvgIpc) is 2.81. The van der Waals surface area contributed by atoms with E-state index in [1.807, 2.05) is 19.1 Å². The normalized spacial score (nSPS) is 19.2. The summed E-state index contributed by atoms with van der Waals surface area (Å²) in [5.41, 5.74) is 0.938. The zero-order valence-electron chi connectivity index (χ0n) is 18.5. The molecule has 4 rings (SSSR count). The summed E-state index contributed by atoms with van der Waals surface area (Å²) in [6.45, 7) is 4.44. The van der Waals surface area contributed by atoms with Crippen LogP contribution < -0.4 is 20.1 Å². The summed E-state index contributed by atoms with van der Waals surface area (Å²) in [5.74, 6) is 0.260. The second kappa shape index (κ2) is 9.40. The van der Waals surface area contributed by atoms with Crippen molar-refractivity contribution in [1.29, 1.82) is 0 Å². The SMILES string of the molecule is CCOc1ccccc1NC(=O)C1CCN(S(=O)(=O)c2ccc3c(c2)NC(=O)[C@H](C)O3)CC1. The molecule has 9 nitrogen and oxygen atoms in total. The van der Waals surface area contributed by atoms with Gasteiger partial charge in [0.2, 0.25) is 15.9 Å². The first-order valence-electron chi connectivity index (χ1n) is 10.9. The number of benzene rings is 2. The average molecular weight is 474 g/mol. The van der Waals surface area contributed by atoms with Gasteiger partial charge in [-0.15, -0.1) is 0 Å². The molecule has 2 N–H and O–H groups in total. The molecule has 2 amide bonds. The molecule has 0 unspecified atom stereocenters. The number of nitrogens with zero attached hydrogens (tertiary/aromatic N) is 1. The van der Waals surface area contributed by atoms with E-state index >= 15 is 0 Å². The third-order valence-corrected chi connectivity index (χ3v) is 7.68. The Bertz CT molecular complexity index is 1160. The van der Waals surface area contributed by atoms with Crippen LogP contribution in [0.1, 0.15) is 26.7 Å². The molecule has 1 saturated heterocycles. The number of ether oxygens (including phenoxy) is 2. The summed E-state index contributed by atoms with van der Waals surface area (Å²) in [7, 11) is -3.77. The summed E-state index contributed by atoms with van der Waals surface area (Å²) in [4.78, 5) is 24.7. The molecule has 2 aromatic carbocycles. The lowest BCUT2D eigenvalue weighted by molar-refractivity contribution is -0.123. The van der Waals surface area contributed by atoms with E-state index in [2.05, 4.69) is 10.6 Å². The van der Waals surface area contributed by atoms with Crippen LogP contribution in [0.3, 0.4) is 0 Å². The predicted octanol–water partition coefficient (Wildman–Crippen LogP) is 2.84. The number of amides is 2. The van der Waals surface area contributed by atoms with E-state index in [0.717, 1.165) is 0 Å². The van der Waals surface area contributed by atoms with Crippen molar-refractivity contribution < 1.29 is 27.5 Å². The molecule has 2 heterocycles. The van der Waals surface area contributed by atoms with Crippen molar-refractivity contribution in [2.24, 2.45) is 5.92 Å². The van der Waals surface area contributed by atoms with Crippen molar-refractivity contribution in [3.8, 4) is 11.5 Å². The summed E-state index contributed by atoms with van der Waals surface area (Å²) < 4.78 is 38.7. The number of carbonyl (C=O) groups is 2. The van der Waals surface area contributed by atoms with Crippen molar-refractivity contribution in [3.63, 3.8) is 0 Å². The van der Waals surface area contributed by atoms with E-state index in [1.165, 1.54) is 16.4 Å². The van der Waals surface area contributed by atoms with Crippen LogP contribution in [0, 0.1) is 5.92 Å². The van der Waals surface area contributed by atoms with E-state index in [4.69, 9.17) is 9.47 Å². The molecule has 1 fully saturated rings. The van der Waals surface area contributed by atoms with E-state index < -0.39 is 16.1 Å². The van der Waals surface area contributed by atoms with Crippen molar-refractivity contribution in [3.05, 3.63) is 42.5 Å². The number of nitrogens with one attached hydrogen (secondary N) is 2. The Morgan fingerprint density at radius 2 is 1.94 bits per heavy atom. The highest BCUT2D eigenvalue weighted by atomic mass is 32.2. The first-order valence-corrected chi connectivity index (χ1v) is 12.4. The van der Waals surface area contributed by atoms with Gasteiger partial charge in [0.05, 0.1) is 22.9 Å². The fraction of sp³-hybridized carbons (Fsp3) is 0.391. The molecule has 0 spiro atoms. The van der Waals surface area contributed by atoms with E-state index in [0.29, 0.717) is 42.3 Å². The number of hydrogen-bond donors (Lipinski definition) is 2. The van der Waals surface area contributed by atoms with Crippen LogP contribution in [0.15, 0.2) is 47.4 Å². The molecule has 33 heavy (non-hydrogen) atoms. The van der Waals surface area contributed by atoms with Crippen LogP contribution in [0.2, 0.25) is 0 Å². The van der Waals surface area contributed by atoms with Gasteiger partial charge in [-0.3, -0.25) is 9.59 Å². The zero-order chi connectivity index (χ0) is 23.6. The van der Waals surface area contributed by atoms with Crippen LogP contribution in [0.25, 0.3) is 0 Å². The highest BCUT2D eigenvalue weighted by molar-refractivity contribution is 7.89. The molecule has 0 bridgehead atoms. The van der Waals surface area contributed by atoms with Gasteiger partial charge in [-0.1, -0.05) is 12.1 Å². The third kappa shape index (κ3) is 4.81. The third-order valence-electron chi connectivity index (χ3n) is 5.79. The van der Waals surface area contributed by atoms with Crippen LogP contribution in [-0.2, 0) is 19.6 Å². The maximum atomic E-state index is 13.2. The maximum Gasteiger partial charge on any atom is 0.265 e. The monoisotopic (exact) mass is 473 g/mol. The largest absolute Gasteiger partial charge is 0.492 e. The summed E-state index contributed by atoms with van der Waals surface area (Å²) in [6.07, 6.45) is 0.180. The lowest BCUT2D eigenvalue weighted by Gasteiger charge is -2.31. The van der Waals surface area contributed by atoms with Gasteiger partial charge in [0.1, 0.15) is 11.5 Å². The lowest BCUT2D eigenvalue weighted by Crippen LogP contribution is -2.41. The van der Waals surface area contributed by atoms with Crippen molar-refractivity contribution >= 4 is 33.2 Å². The van der Waals surface area contributed by atoms with Crippen LogP contribution >= 0.6 is 0 Å². The van der Waals surface area contributed by atoms with Gasteiger partial charge >= 0.3 is 0 Å². The quantitative estimate of drug-likeness (QED) is 0.667. The van der Waals surface area contributed by atoms with Crippen molar-refractivity contribution in [1.82, 2.24) is 4.31 Å². The van der Waals surface area contributed by atoms with Gasteiger partial charge in [0.15, 0.2) is 6.10 Å². The zero-order valence-corrected chi connectivity index (χ0v) is 19.4. The van der Waals surface area contributed by atoms with Gasteiger partial charge in [-0.25, -0.2) is 8.42 Å². The van der Waals surface area contributed by atoms with Gasteiger partial charge in [0, 0.05) is 19.0 Å². The molecular weight excluding hydrogens is 446 g/mol. The molecule has 1 atom stereocenters. The topological polar surface area (TPSA) is 114 Å². The number of para-hydroxylation sites is 2. The number of hydrogen-bond acceptors (Lipinski definition) is 6. The fourth-order valence-electron chi connectivity index (χ4n) is 3.94.